The number of alkyl halides is 1. The maximum absolute atomic E-state index is 12.4. The van der Waals surface area contributed by atoms with Gasteiger partial charge in [-0.3, -0.25) is 9.69 Å². The van der Waals surface area contributed by atoms with E-state index in [0.29, 0.717) is 13.0 Å². The van der Waals surface area contributed by atoms with Crippen LogP contribution in [0.2, 0.25) is 0 Å². The highest BCUT2D eigenvalue weighted by molar-refractivity contribution is 6.20. The zero-order valence-corrected chi connectivity index (χ0v) is 14.1. The van der Waals surface area contributed by atoms with Gasteiger partial charge in [-0.15, -0.1) is 11.6 Å². The summed E-state index contributed by atoms with van der Waals surface area (Å²) >= 11 is 6.51. The van der Waals surface area contributed by atoms with Crippen LogP contribution in [0, 0.1) is 0 Å². The number of rotatable bonds is 2. The van der Waals surface area contributed by atoms with Gasteiger partial charge in [0.25, 0.3) is 0 Å². The number of hydrogen-bond acceptors (Lipinski definition) is 3. The van der Waals surface area contributed by atoms with Gasteiger partial charge in [0.05, 0.1) is 6.04 Å². The van der Waals surface area contributed by atoms with Crippen LogP contribution >= 0.6 is 11.6 Å². The minimum atomic E-state index is -0.273. The van der Waals surface area contributed by atoms with Crippen LogP contribution in [0.3, 0.4) is 0 Å². The predicted molar refractivity (Wildman–Crippen MR) is 93.8 cm³/mol. The van der Waals surface area contributed by atoms with E-state index in [1.54, 1.807) is 0 Å². The molecule has 2 aromatic rings. The number of carbonyl (C=O) groups excluding carboxylic acids is 1. The Morgan fingerprint density at radius 2 is 1.38 bits per heavy atom. The molecule has 2 aromatic carbocycles. The average Bonchev–Trinajstić information content (AvgIpc) is 2.63. The number of nitrogens with zero attached hydrogens (tertiary/aromatic N) is 1. The molecule has 0 unspecified atom stereocenters. The first-order valence-electron chi connectivity index (χ1n) is 8.42. The molecular weight excluding hydrogens is 322 g/mol. The van der Waals surface area contributed by atoms with Gasteiger partial charge in [-0.2, -0.15) is 0 Å². The number of ether oxygens (including phenoxy) is 1. The molecule has 3 nitrogen and oxygen atoms in total. The number of benzene rings is 2. The van der Waals surface area contributed by atoms with Gasteiger partial charge >= 0.3 is 5.97 Å². The van der Waals surface area contributed by atoms with Crippen molar-refractivity contribution < 1.29 is 9.53 Å². The molecule has 2 aliphatic rings. The normalized spacial score (nSPS) is 30.5. The molecule has 0 saturated carbocycles. The second-order valence-corrected chi connectivity index (χ2v) is 7.13. The third kappa shape index (κ3) is 2.83. The molecule has 0 aliphatic carbocycles. The van der Waals surface area contributed by atoms with E-state index >= 15 is 0 Å². The monoisotopic (exact) mass is 341 g/mol. The lowest BCUT2D eigenvalue weighted by Crippen LogP contribution is -2.55. The SMILES string of the molecule is O=C1OC[C@H](c2ccccc2)N2[C@H]1C[C@H](Cl)C[C@H]2c1ccccc1. The molecule has 4 heteroatoms. The zero-order chi connectivity index (χ0) is 16.5. The lowest BCUT2D eigenvalue weighted by molar-refractivity contribution is -0.169. The first kappa shape index (κ1) is 15.7. The predicted octanol–water partition coefficient (Wildman–Crippen LogP) is 4.10. The highest BCUT2D eigenvalue weighted by atomic mass is 35.5. The molecule has 124 valence electrons. The number of morpholine rings is 1. The van der Waals surface area contributed by atoms with Crippen LogP contribution in [0.5, 0.6) is 0 Å². The molecule has 0 amide bonds. The Kier molecular flexibility index (Phi) is 4.30. The molecule has 2 aliphatic heterocycles. The van der Waals surface area contributed by atoms with Gasteiger partial charge in [0.2, 0.25) is 0 Å². The quantitative estimate of drug-likeness (QED) is 0.608. The smallest absolute Gasteiger partial charge is 0.323 e. The molecule has 0 spiro atoms. The highest BCUT2D eigenvalue weighted by Crippen LogP contribution is 2.44. The van der Waals surface area contributed by atoms with Gasteiger partial charge in [0.15, 0.2) is 0 Å². The second kappa shape index (κ2) is 6.58. The third-order valence-corrected chi connectivity index (χ3v) is 5.42. The van der Waals surface area contributed by atoms with Crippen LogP contribution in [0.4, 0.5) is 0 Å². The molecule has 2 heterocycles. The zero-order valence-electron chi connectivity index (χ0n) is 13.3. The van der Waals surface area contributed by atoms with Crippen molar-refractivity contribution in [3.63, 3.8) is 0 Å². The minimum Gasteiger partial charge on any atom is -0.462 e. The number of carbonyl (C=O) groups is 1. The Labute approximate surface area is 147 Å². The summed E-state index contributed by atoms with van der Waals surface area (Å²) in [5.74, 6) is -0.145. The fraction of sp³-hybridized carbons (Fsp3) is 0.350. The molecule has 4 atom stereocenters. The maximum Gasteiger partial charge on any atom is 0.323 e. The highest BCUT2D eigenvalue weighted by Gasteiger charge is 2.47. The number of fused-ring (bicyclic) bond motifs is 1. The van der Waals surface area contributed by atoms with E-state index in [-0.39, 0.29) is 29.5 Å². The second-order valence-electron chi connectivity index (χ2n) is 6.51. The number of hydrogen-bond donors (Lipinski definition) is 0. The summed E-state index contributed by atoms with van der Waals surface area (Å²) in [6, 6.07) is 20.6. The summed E-state index contributed by atoms with van der Waals surface area (Å²) in [4.78, 5) is 14.7. The standard InChI is InChI=1S/C20H20ClNO2/c21-16-11-17(14-7-3-1-4-8-14)22-18(12-16)20(23)24-13-19(22)15-9-5-2-6-10-15/h1-10,16-19H,11-13H2/t16-,17+,18+,19-/m1/s1. The first-order chi connectivity index (χ1) is 11.7. The third-order valence-electron chi connectivity index (χ3n) is 5.06. The lowest BCUT2D eigenvalue weighted by Gasteiger charge is -2.49. The van der Waals surface area contributed by atoms with Gasteiger partial charge in [0, 0.05) is 11.4 Å². The van der Waals surface area contributed by atoms with E-state index in [0.717, 1.165) is 6.42 Å². The van der Waals surface area contributed by atoms with E-state index in [4.69, 9.17) is 16.3 Å². The summed E-state index contributed by atoms with van der Waals surface area (Å²) in [7, 11) is 0. The summed E-state index contributed by atoms with van der Waals surface area (Å²) in [5, 5.41) is -0.0153. The minimum absolute atomic E-state index is 0.0153. The van der Waals surface area contributed by atoms with Crippen molar-refractivity contribution in [2.45, 2.75) is 36.3 Å². The van der Waals surface area contributed by atoms with Crippen molar-refractivity contribution in [2.24, 2.45) is 0 Å². The largest absolute Gasteiger partial charge is 0.462 e. The van der Waals surface area contributed by atoms with Gasteiger partial charge in [0.1, 0.15) is 12.6 Å². The maximum atomic E-state index is 12.4. The molecule has 0 radical (unpaired) electrons. The molecule has 2 fully saturated rings. The summed E-state index contributed by atoms with van der Waals surface area (Å²) < 4.78 is 5.51. The number of esters is 1. The molecule has 0 bridgehead atoms. The van der Waals surface area contributed by atoms with E-state index in [2.05, 4.69) is 29.2 Å². The van der Waals surface area contributed by atoms with Crippen LogP contribution in [0.15, 0.2) is 60.7 Å². The fourth-order valence-electron chi connectivity index (χ4n) is 3.96. The van der Waals surface area contributed by atoms with Crippen LogP contribution in [0.25, 0.3) is 0 Å². The van der Waals surface area contributed by atoms with Crippen molar-refractivity contribution in [3.05, 3.63) is 71.8 Å². The molecule has 0 N–H and O–H groups in total. The molecule has 24 heavy (non-hydrogen) atoms. The van der Waals surface area contributed by atoms with Crippen LogP contribution in [-0.4, -0.2) is 28.9 Å². The van der Waals surface area contributed by atoms with Crippen molar-refractivity contribution in [3.8, 4) is 0 Å². The summed E-state index contributed by atoms with van der Waals surface area (Å²) in [6.45, 7) is 0.398. The van der Waals surface area contributed by atoms with Crippen LogP contribution < -0.4 is 0 Å². The van der Waals surface area contributed by atoms with Gasteiger partial charge in [-0.1, -0.05) is 60.7 Å². The molecule has 2 saturated heterocycles. The Balaban J connectivity index is 1.76. The summed E-state index contributed by atoms with van der Waals surface area (Å²) in [5.41, 5.74) is 2.40. The fourth-order valence-corrected chi connectivity index (χ4v) is 4.30. The Morgan fingerprint density at radius 3 is 2.00 bits per heavy atom. The topological polar surface area (TPSA) is 29.5 Å². The van der Waals surface area contributed by atoms with Crippen LogP contribution in [0.1, 0.15) is 36.1 Å². The van der Waals surface area contributed by atoms with E-state index < -0.39 is 0 Å². The number of halogens is 1. The van der Waals surface area contributed by atoms with Crippen molar-refractivity contribution in [2.75, 3.05) is 6.61 Å². The Morgan fingerprint density at radius 1 is 0.833 bits per heavy atom. The van der Waals surface area contributed by atoms with Gasteiger partial charge in [-0.25, -0.2) is 0 Å². The summed E-state index contributed by atoms with van der Waals surface area (Å²) in [6.07, 6.45) is 1.49. The molecule has 4 rings (SSSR count). The number of cyclic esters (lactones) is 1. The number of piperidine rings is 1. The van der Waals surface area contributed by atoms with Crippen molar-refractivity contribution >= 4 is 17.6 Å². The lowest BCUT2D eigenvalue weighted by atomic mass is 9.86. The van der Waals surface area contributed by atoms with Gasteiger partial charge < -0.3 is 4.74 Å². The molecule has 0 aromatic heterocycles. The average molecular weight is 342 g/mol. The Hall–Kier alpha value is -1.84. The first-order valence-corrected chi connectivity index (χ1v) is 8.85. The van der Waals surface area contributed by atoms with E-state index in [1.165, 1.54) is 11.1 Å². The molecular formula is C20H20ClNO2. The van der Waals surface area contributed by atoms with E-state index in [1.807, 2.05) is 36.4 Å². The van der Waals surface area contributed by atoms with Gasteiger partial charge in [-0.05, 0) is 24.0 Å². The van der Waals surface area contributed by atoms with Crippen LogP contribution in [-0.2, 0) is 9.53 Å². The van der Waals surface area contributed by atoms with Crippen molar-refractivity contribution in [1.29, 1.82) is 0 Å². The van der Waals surface area contributed by atoms with E-state index in [9.17, 15) is 4.79 Å². The van der Waals surface area contributed by atoms with Crippen molar-refractivity contribution in [1.82, 2.24) is 4.90 Å². The Bertz CT molecular complexity index is 706.